The van der Waals surface area contributed by atoms with Crippen molar-refractivity contribution in [3.05, 3.63) is 33.8 Å². The van der Waals surface area contributed by atoms with Crippen LogP contribution in [0.1, 0.15) is 31.7 Å². The maximum absolute atomic E-state index is 12.6. The Balaban J connectivity index is 0.00000312. The van der Waals surface area contributed by atoms with Crippen LogP contribution < -0.4 is 5.73 Å². The summed E-state index contributed by atoms with van der Waals surface area (Å²) in [4.78, 5) is 14.6. The number of rotatable bonds is 7. The topological polar surface area (TPSA) is 55.6 Å². The molecule has 1 fully saturated rings. The zero-order valence-electron chi connectivity index (χ0n) is 14.5. The van der Waals surface area contributed by atoms with E-state index in [2.05, 4.69) is 0 Å². The Kier molecular flexibility index (Phi) is 10.1. The molecular weight excluding hydrogens is 383 g/mol. The Labute approximate surface area is 166 Å². The third kappa shape index (κ3) is 6.95. The number of benzene rings is 1. The van der Waals surface area contributed by atoms with Crippen molar-refractivity contribution in [1.29, 1.82) is 0 Å². The first-order chi connectivity index (χ1) is 11.5. The average molecular weight is 410 g/mol. The van der Waals surface area contributed by atoms with E-state index in [-0.39, 0.29) is 30.3 Å². The molecule has 7 heteroatoms. The minimum absolute atomic E-state index is 0. The molecule has 1 unspecified atom stereocenters. The Morgan fingerprint density at radius 2 is 2.04 bits per heavy atom. The fourth-order valence-electron chi connectivity index (χ4n) is 2.99. The molecule has 2 N–H and O–H groups in total. The van der Waals surface area contributed by atoms with Crippen molar-refractivity contribution in [2.24, 2.45) is 11.7 Å². The van der Waals surface area contributed by atoms with Gasteiger partial charge in [0.1, 0.15) is 0 Å². The second-order valence-corrected chi connectivity index (χ2v) is 7.22. The molecule has 0 aromatic heterocycles. The highest BCUT2D eigenvalue weighted by Crippen LogP contribution is 2.25. The van der Waals surface area contributed by atoms with Gasteiger partial charge in [0.25, 0.3) is 0 Å². The Morgan fingerprint density at radius 1 is 1.36 bits per heavy atom. The molecule has 0 spiro atoms. The summed E-state index contributed by atoms with van der Waals surface area (Å²) in [6.45, 7) is 4.83. The fourth-order valence-corrected chi connectivity index (χ4v) is 3.48. The molecule has 1 heterocycles. The molecule has 0 saturated carbocycles. The van der Waals surface area contributed by atoms with Crippen LogP contribution in [0.4, 0.5) is 0 Å². The van der Waals surface area contributed by atoms with E-state index in [1.165, 1.54) is 0 Å². The molecule has 1 aliphatic rings. The molecule has 0 radical (unpaired) electrons. The Hall–Kier alpha value is -0.520. The van der Waals surface area contributed by atoms with E-state index in [9.17, 15) is 4.79 Å². The molecule has 142 valence electrons. The maximum Gasteiger partial charge on any atom is 0.225 e. The van der Waals surface area contributed by atoms with Crippen LogP contribution in [0.5, 0.6) is 0 Å². The summed E-state index contributed by atoms with van der Waals surface area (Å²) < 4.78 is 5.79. The lowest BCUT2D eigenvalue weighted by atomic mass is 9.98. The largest absolute Gasteiger partial charge is 0.378 e. The van der Waals surface area contributed by atoms with Crippen molar-refractivity contribution in [2.75, 3.05) is 26.2 Å². The molecule has 4 nitrogen and oxygen atoms in total. The first-order valence-corrected chi connectivity index (χ1v) is 9.31. The lowest BCUT2D eigenvalue weighted by molar-refractivity contribution is -0.137. The summed E-state index contributed by atoms with van der Waals surface area (Å²) in [6, 6.07) is 5.43. The number of nitrogens with zero attached hydrogens (tertiary/aromatic N) is 1. The predicted octanol–water partition coefficient (Wildman–Crippen LogP) is 3.95. The standard InChI is InChI=1S/C18H26Cl2N2O2.ClH/c1-13(11-14-3-4-15(19)12-17(14)20)18(23)22-8-5-16(6-9-22)24-10-2-7-21;/h3-4,12-13,16H,2,5-11,21H2,1H3;1H. The van der Waals surface area contributed by atoms with Gasteiger partial charge in [-0.3, -0.25) is 4.79 Å². The van der Waals surface area contributed by atoms with Gasteiger partial charge in [-0.1, -0.05) is 36.2 Å². The third-order valence-electron chi connectivity index (χ3n) is 4.42. The van der Waals surface area contributed by atoms with E-state index in [4.69, 9.17) is 33.7 Å². The van der Waals surface area contributed by atoms with Gasteiger partial charge in [0, 0.05) is 35.7 Å². The van der Waals surface area contributed by atoms with Crippen molar-refractivity contribution >= 4 is 41.5 Å². The van der Waals surface area contributed by atoms with E-state index in [1.807, 2.05) is 24.0 Å². The zero-order chi connectivity index (χ0) is 17.5. The summed E-state index contributed by atoms with van der Waals surface area (Å²) in [7, 11) is 0. The van der Waals surface area contributed by atoms with Crippen LogP contribution in [0.15, 0.2) is 18.2 Å². The van der Waals surface area contributed by atoms with E-state index < -0.39 is 0 Å². The number of hydrogen-bond donors (Lipinski definition) is 1. The molecular formula is C18H27Cl3N2O2. The molecule has 1 saturated heterocycles. The normalized spacial score (nSPS) is 16.4. The molecule has 0 aliphatic carbocycles. The summed E-state index contributed by atoms with van der Waals surface area (Å²) in [5, 5.41) is 1.23. The van der Waals surface area contributed by atoms with Crippen molar-refractivity contribution in [1.82, 2.24) is 4.90 Å². The molecule has 2 rings (SSSR count). The van der Waals surface area contributed by atoms with Gasteiger partial charge in [-0.05, 0) is 49.9 Å². The molecule has 0 bridgehead atoms. The number of carbonyl (C=O) groups is 1. The van der Waals surface area contributed by atoms with Crippen LogP contribution in [-0.2, 0) is 16.0 Å². The van der Waals surface area contributed by atoms with Gasteiger partial charge in [-0.15, -0.1) is 12.4 Å². The number of ether oxygens (including phenoxy) is 1. The van der Waals surface area contributed by atoms with Crippen LogP contribution in [-0.4, -0.2) is 43.2 Å². The van der Waals surface area contributed by atoms with Crippen molar-refractivity contribution in [3.8, 4) is 0 Å². The summed E-state index contributed by atoms with van der Waals surface area (Å²) in [5.41, 5.74) is 6.43. The predicted molar refractivity (Wildman–Crippen MR) is 106 cm³/mol. The quantitative estimate of drug-likeness (QED) is 0.694. The second-order valence-electron chi connectivity index (χ2n) is 6.38. The second kappa shape index (κ2) is 11.2. The minimum Gasteiger partial charge on any atom is -0.378 e. The van der Waals surface area contributed by atoms with E-state index in [0.717, 1.165) is 37.9 Å². The first kappa shape index (κ1) is 22.5. The van der Waals surface area contributed by atoms with Crippen LogP contribution in [0.3, 0.4) is 0 Å². The van der Waals surface area contributed by atoms with Crippen molar-refractivity contribution in [2.45, 2.75) is 38.7 Å². The van der Waals surface area contributed by atoms with Gasteiger partial charge >= 0.3 is 0 Å². The molecule has 1 aromatic carbocycles. The number of amides is 1. The Bertz CT molecular complexity index is 549. The average Bonchev–Trinajstić information content (AvgIpc) is 2.57. The van der Waals surface area contributed by atoms with Gasteiger partial charge in [-0.25, -0.2) is 0 Å². The maximum atomic E-state index is 12.6. The van der Waals surface area contributed by atoms with Crippen LogP contribution in [0.2, 0.25) is 10.0 Å². The summed E-state index contributed by atoms with van der Waals surface area (Å²) >= 11 is 12.1. The number of piperidine rings is 1. The van der Waals surface area contributed by atoms with Crippen LogP contribution in [0, 0.1) is 5.92 Å². The highest BCUT2D eigenvalue weighted by atomic mass is 35.5. The number of nitrogens with two attached hydrogens (primary N) is 1. The third-order valence-corrected chi connectivity index (χ3v) is 5.01. The smallest absolute Gasteiger partial charge is 0.225 e. The SMILES string of the molecule is CC(Cc1ccc(Cl)cc1Cl)C(=O)N1CCC(OCCCN)CC1.Cl. The van der Waals surface area contributed by atoms with Gasteiger partial charge in [-0.2, -0.15) is 0 Å². The monoisotopic (exact) mass is 408 g/mol. The molecule has 1 aliphatic heterocycles. The fraction of sp³-hybridized carbons (Fsp3) is 0.611. The lowest BCUT2D eigenvalue weighted by Crippen LogP contribution is -2.43. The van der Waals surface area contributed by atoms with E-state index >= 15 is 0 Å². The van der Waals surface area contributed by atoms with Crippen LogP contribution in [0.25, 0.3) is 0 Å². The molecule has 25 heavy (non-hydrogen) atoms. The number of halogens is 3. The number of carbonyl (C=O) groups excluding carboxylic acids is 1. The highest BCUT2D eigenvalue weighted by molar-refractivity contribution is 6.35. The molecule has 1 atom stereocenters. The van der Waals surface area contributed by atoms with E-state index in [1.54, 1.807) is 6.07 Å². The van der Waals surface area contributed by atoms with Gasteiger partial charge in [0.05, 0.1) is 6.10 Å². The van der Waals surface area contributed by atoms with Gasteiger partial charge < -0.3 is 15.4 Å². The minimum atomic E-state index is -0.0987. The highest BCUT2D eigenvalue weighted by Gasteiger charge is 2.26. The van der Waals surface area contributed by atoms with Crippen LogP contribution >= 0.6 is 35.6 Å². The van der Waals surface area contributed by atoms with Crippen molar-refractivity contribution < 1.29 is 9.53 Å². The number of hydrogen-bond acceptors (Lipinski definition) is 3. The molecule has 1 amide bonds. The summed E-state index contributed by atoms with van der Waals surface area (Å²) in [5.74, 6) is 0.0832. The first-order valence-electron chi connectivity index (χ1n) is 8.55. The number of likely N-dealkylation sites (tertiary alicyclic amines) is 1. The summed E-state index contributed by atoms with van der Waals surface area (Å²) in [6.07, 6.45) is 3.55. The van der Waals surface area contributed by atoms with Gasteiger partial charge in [0.2, 0.25) is 5.91 Å². The Morgan fingerprint density at radius 3 is 2.64 bits per heavy atom. The van der Waals surface area contributed by atoms with Crippen molar-refractivity contribution in [3.63, 3.8) is 0 Å². The van der Waals surface area contributed by atoms with Gasteiger partial charge in [0.15, 0.2) is 0 Å². The molecule has 1 aromatic rings. The van der Waals surface area contributed by atoms with E-state index in [0.29, 0.717) is 29.6 Å². The lowest BCUT2D eigenvalue weighted by Gasteiger charge is -2.33. The zero-order valence-corrected chi connectivity index (χ0v) is 16.9.